The molecule has 1 aliphatic carbocycles. The molecule has 0 atom stereocenters. The number of nitrogens with one attached hydrogen (secondary N) is 1. The minimum absolute atomic E-state index is 0.00698. The average Bonchev–Trinajstić information content (AvgIpc) is 2.24. The second kappa shape index (κ2) is 5.82. The van der Waals surface area contributed by atoms with Gasteiger partial charge in [0.1, 0.15) is 0 Å². The molecule has 6 heteroatoms. The van der Waals surface area contributed by atoms with Crippen LogP contribution in [0.15, 0.2) is 0 Å². The number of carbonyl (C=O) groups is 1. The molecule has 0 aliphatic heterocycles. The van der Waals surface area contributed by atoms with Gasteiger partial charge in [-0.2, -0.15) is 8.42 Å². The van der Waals surface area contributed by atoms with Crippen molar-refractivity contribution in [1.29, 1.82) is 0 Å². The number of hydrogen-bond donors (Lipinski definition) is 2. The molecule has 0 radical (unpaired) electrons. The van der Waals surface area contributed by atoms with E-state index in [1.54, 1.807) is 0 Å². The van der Waals surface area contributed by atoms with Crippen molar-refractivity contribution in [2.45, 2.75) is 45.4 Å². The molecule has 2 N–H and O–H groups in total. The Bertz CT molecular complexity index is 358. The summed E-state index contributed by atoms with van der Waals surface area (Å²) in [6.07, 6.45) is 5.39. The van der Waals surface area contributed by atoms with E-state index in [9.17, 15) is 13.2 Å². The molecule has 1 saturated carbocycles. The molecule has 1 rings (SSSR count). The summed E-state index contributed by atoms with van der Waals surface area (Å²) < 4.78 is 29.5. The Labute approximate surface area is 103 Å². The van der Waals surface area contributed by atoms with Crippen LogP contribution in [0.2, 0.25) is 0 Å². The second-order valence-corrected chi connectivity index (χ2v) is 6.59. The van der Waals surface area contributed by atoms with E-state index >= 15 is 0 Å². The number of hydrogen-bond acceptors (Lipinski definition) is 3. The lowest BCUT2D eigenvalue weighted by atomic mass is 9.75. The van der Waals surface area contributed by atoms with E-state index < -0.39 is 10.1 Å². The lowest BCUT2D eigenvalue weighted by Crippen LogP contribution is -2.40. The quantitative estimate of drug-likeness (QED) is 0.579. The lowest BCUT2D eigenvalue weighted by molar-refractivity contribution is -0.131. The molecule has 0 spiro atoms. The van der Waals surface area contributed by atoms with Gasteiger partial charge in [0, 0.05) is 12.0 Å². The van der Waals surface area contributed by atoms with Crippen LogP contribution in [0.1, 0.15) is 45.4 Å². The van der Waals surface area contributed by atoms with Gasteiger partial charge in [-0.3, -0.25) is 9.35 Å². The average molecular weight is 263 g/mol. The summed E-state index contributed by atoms with van der Waals surface area (Å²) in [5, 5.41) is 2.75. The third kappa shape index (κ3) is 5.04. The Morgan fingerprint density at radius 2 is 1.88 bits per heavy atom. The van der Waals surface area contributed by atoms with Crippen molar-refractivity contribution in [3.05, 3.63) is 0 Å². The van der Waals surface area contributed by atoms with Crippen molar-refractivity contribution in [2.75, 3.05) is 12.3 Å². The summed E-state index contributed by atoms with van der Waals surface area (Å²) in [6, 6.07) is 0. The van der Waals surface area contributed by atoms with Crippen molar-refractivity contribution in [2.24, 2.45) is 5.41 Å². The molecule has 0 saturated heterocycles. The fourth-order valence-electron chi connectivity index (χ4n) is 2.23. The minimum atomic E-state index is -3.91. The predicted octanol–water partition coefficient (Wildman–Crippen LogP) is 1.35. The van der Waals surface area contributed by atoms with Crippen LogP contribution < -0.4 is 5.32 Å². The van der Waals surface area contributed by atoms with Crippen LogP contribution in [-0.4, -0.2) is 31.2 Å². The Morgan fingerprint density at radius 1 is 1.29 bits per heavy atom. The maximum atomic E-state index is 11.9. The normalized spacial score (nSPS) is 19.9. The standard InChI is InChI=1S/C11H21NO4S/c1-11(6-3-2-4-7-11)10(13)12-8-5-9-17(14,15)16/h2-9H2,1H3,(H,12,13)(H,14,15,16). The number of rotatable bonds is 5. The highest BCUT2D eigenvalue weighted by Crippen LogP contribution is 2.35. The van der Waals surface area contributed by atoms with Crippen LogP contribution in [0.5, 0.6) is 0 Å². The van der Waals surface area contributed by atoms with E-state index in [1.165, 1.54) is 6.42 Å². The highest BCUT2D eigenvalue weighted by Gasteiger charge is 2.33. The monoisotopic (exact) mass is 263 g/mol. The van der Waals surface area contributed by atoms with Crippen LogP contribution in [0.4, 0.5) is 0 Å². The van der Waals surface area contributed by atoms with Crippen molar-refractivity contribution in [3.8, 4) is 0 Å². The number of carbonyl (C=O) groups excluding carboxylic acids is 1. The SMILES string of the molecule is CC1(C(=O)NCCCS(=O)(=O)O)CCCCC1. The molecule has 17 heavy (non-hydrogen) atoms. The van der Waals surface area contributed by atoms with Gasteiger partial charge in [0.15, 0.2) is 0 Å². The molecule has 5 nitrogen and oxygen atoms in total. The van der Waals surface area contributed by atoms with Gasteiger partial charge in [0.25, 0.3) is 10.1 Å². The first-order chi connectivity index (χ1) is 7.83. The lowest BCUT2D eigenvalue weighted by Gasteiger charge is -2.32. The van der Waals surface area contributed by atoms with E-state index in [0.717, 1.165) is 25.7 Å². The molecule has 0 heterocycles. The van der Waals surface area contributed by atoms with Crippen LogP contribution in [-0.2, 0) is 14.9 Å². The highest BCUT2D eigenvalue weighted by atomic mass is 32.2. The smallest absolute Gasteiger partial charge is 0.264 e. The zero-order valence-corrected chi connectivity index (χ0v) is 11.1. The minimum Gasteiger partial charge on any atom is -0.356 e. The van der Waals surface area contributed by atoms with Gasteiger partial charge in [0.2, 0.25) is 5.91 Å². The highest BCUT2D eigenvalue weighted by molar-refractivity contribution is 7.85. The summed E-state index contributed by atoms with van der Waals surface area (Å²) in [7, 11) is -3.91. The summed E-state index contributed by atoms with van der Waals surface area (Å²) in [5.74, 6) is -0.295. The van der Waals surface area contributed by atoms with Gasteiger partial charge >= 0.3 is 0 Å². The first kappa shape index (κ1) is 14.4. The van der Waals surface area contributed by atoms with E-state index in [1.807, 2.05) is 6.92 Å². The molecule has 0 aromatic rings. The van der Waals surface area contributed by atoms with Gasteiger partial charge in [-0.25, -0.2) is 0 Å². The van der Waals surface area contributed by atoms with Crippen molar-refractivity contribution >= 4 is 16.0 Å². The van der Waals surface area contributed by atoms with Crippen molar-refractivity contribution in [1.82, 2.24) is 5.32 Å². The maximum absolute atomic E-state index is 11.9. The Morgan fingerprint density at radius 3 is 2.41 bits per heavy atom. The molecular formula is C11H21NO4S. The van der Waals surface area contributed by atoms with Gasteiger partial charge in [0.05, 0.1) is 5.75 Å². The molecule has 1 fully saturated rings. The van der Waals surface area contributed by atoms with Crippen molar-refractivity contribution in [3.63, 3.8) is 0 Å². The van der Waals surface area contributed by atoms with Crippen LogP contribution >= 0.6 is 0 Å². The summed E-state index contributed by atoms with van der Waals surface area (Å²) in [4.78, 5) is 11.9. The van der Waals surface area contributed by atoms with Gasteiger partial charge in [-0.1, -0.05) is 26.2 Å². The molecular weight excluding hydrogens is 242 g/mol. The van der Waals surface area contributed by atoms with E-state index in [2.05, 4.69) is 5.32 Å². The molecule has 0 aromatic carbocycles. The molecule has 1 amide bonds. The zero-order valence-electron chi connectivity index (χ0n) is 10.2. The summed E-state index contributed by atoms with van der Waals surface area (Å²) >= 11 is 0. The topological polar surface area (TPSA) is 83.5 Å². The predicted molar refractivity (Wildman–Crippen MR) is 65.2 cm³/mol. The van der Waals surface area contributed by atoms with E-state index in [4.69, 9.17) is 4.55 Å². The number of amides is 1. The van der Waals surface area contributed by atoms with Gasteiger partial charge in [-0.05, 0) is 19.3 Å². The first-order valence-electron chi connectivity index (χ1n) is 6.07. The van der Waals surface area contributed by atoms with Crippen LogP contribution in [0.25, 0.3) is 0 Å². The van der Waals surface area contributed by atoms with E-state index in [0.29, 0.717) is 6.54 Å². The molecule has 0 unspecified atom stereocenters. The molecule has 0 aromatic heterocycles. The third-order valence-corrected chi connectivity index (χ3v) is 4.17. The zero-order chi connectivity index (χ0) is 12.9. The van der Waals surface area contributed by atoms with E-state index in [-0.39, 0.29) is 23.5 Å². The molecule has 1 aliphatic rings. The molecule has 100 valence electrons. The Hall–Kier alpha value is -0.620. The fourth-order valence-corrected chi connectivity index (χ4v) is 2.74. The van der Waals surface area contributed by atoms with Crippen LogP contribution in [0, 0.1) is 5.41 Å². The molecule has 0 bridgehead atoms. The van der Waals surface area contributed by atoms with Gasteiger partial charge in [-0.15, -0.1) is 0 Å². The van der Waals surface area contributed by atoms with Crippen LogP contribution in [0.3, 0.4) is 0 Å². The summed E-state index contributed by atoms with van der Waals surface area (Å²) in [5.41, 5.74) is -0.295. The second-order valence-electron chi connectivity index (χ2n) is 5.02. The fraction of sp³-hybridized carbons (Fsp3) is 0.909. The third-order valence-electron chi connectivity index (χ3n) is 3.37. The first-order valence-corrected chi connectivity index (χ1v) is 7.68. The van der Waals surface area contributed by atoms with Gasteiger partial charge < -0.3 is 5.32 Å². The largest absolute Gasteiger partial charge is 0.356 e. The van der Waals surface area contributed by atoms with Crippen molar-refractivity contribution < 1.29 is 17.8 Å². The Kier molecular flexibility index (Phi) is 4.94. The summed E-state index contributed by atoms with van der Waals surface area (Å²) in [6.45, 7) is 2.26. The maximum Gasteiger partial charge on any atom is 0.264 e. The Balaban J connectivity index is 2.29.